The molecule has 0 aliphatic heterocycles. The van der Waals surface area contributed by atoms with Crippen molar-refractivity contribution in [2.24, 2.45) is 0 Å². The molecule has 0 aliphatic rings. The number of thioether (sulfide) groups is 1. The van der Waals surface area contributed by atoms with Gasteiger partial charge in [0.2, 0.25) is 5.91 Å². The van der Waals surface area contributed by atoms with Crippen LogP contribution in [0.25, 0.3) is 16.3 Å². The highest BCUT2D eigenvalue weighted by Crippen LogP contribution is 2.36. The van der Waals surface area contributed by atoms with Crippen LogP contribution >= 0.6 is 23.1 Å². The fourth-order valence-corrected chi connectivity index (χ4v) is 6.10. The zero-order valence-electron chi connectivity index (χ0n) is 26.5. The molecule has 1 heterocycles. The minimum absolute atomic E-state index is 0.0298. The fraction of sp³-hybridized carbons (Fsp3) is 0.143. The third-order valence-electron chi connectivity index (χ3n) is 6.89. The van der Waals surface area contributed by atoms with Crippen LogP contribution in [0.3, 0.4) is 0 Å². The van der Waals surface area contributed by atoms with E-state index in [1.54, 1.807) is 73.8 Å². The van der Waals surface area contributed by atoms with E-state index in [9.17, 15) is 14.4 Å². The van der Waals surface area contributed by atoms with Crippen molar-refractivity contribution in [3.8, 4) is 23.0 Å². The number of hydrogen-bond acceptors (Lipinski definition) is 10. The molecule has 13 heteroatoms. The van der Waals surface area contributed by atoms with Gasteiger partial charge in [-0.15, -0.1) is 11.8 Å². The summed E-state index contributed by atoms with van der Waals surface area (Å²) in [4.78, 5) is 44.6. The van der Waals surface area contributed by atoms with E-state index in [1.807, 2.05) is 18.2 Å². The minimum Gasteiger partial charge on any atom is -0.497 e. The number of carbonyl (C=O) groups excluding carboxylic acids is 3. The van der Waals surface area contributed by atoms with Gasteiger partial charge in [-0.05, 0) is 66.7 Å². The quantitative estimate of drug-likeness (QED) is 0.0941. The van der Waals surface area contributed by atoms with E-state index in [-0.39, 0.29) is 17.4 Å². The minimum atomic E-state index is -0.565. The lowest BCUT2D eigenvalue weighted by Crippen LogP contribution is -2.30. The predicted octanol–water partition coefficient (Wildman–Crippen LogP) is 6.47. The maximum absolute atomic E-state index is 13.6. The first-order valence-corrected chi connectivity index (χ1v) is 16.3. The Morgan fingerprint density at radius 2 is 1.50 bits per heavy atom. The van der Waals surface area contributed by atoms with E-state index in [2.05, 4.69) is 20.9 Å². The first kappa shape index (κ1) is 33.8. The number of aromatic nitrogens is 1. The number of nitrogens with zero attached hydrogens (tertiary/aromatic N) is 1. The summed E-state index contributed by atoms with van der Waals surface area (Å²) in [5.74, 6) is 0.924. The zero-order chi connectivity index (χ0) is 34.0. The van der Waals surface area contributed by atoms with Gasteiger partial charge in [-0.2, -0.15) is 0 Å². The number of amides is 3. The second kappa shape index (κ2) is 15.8. The van der Waals surface area contributed by atoms with Gasteiger partial charge in [0.15, 0.2) is 16.6 Å². The zero-order valence-corrected chi connectivity index (χ0v) is 28.1. The molecule has 0 saturated heterocycles. The van der Waals surface area contributed by atoms with E-state index < -0.39 is 11.8 Å². The second-order valence-electron chi connectivity index (χ2n) is 10.00. The first-order chi connectivity index (χ1) is 23.3. The van der Waals surface area contributed by atoms with Crippen LogP contribution in [0.4, 0.5) is 10.8 Å². The van der Waals surface area contributed by atoms with Gasteiger partial charge in [0.05, 0.1) is 44.4 Å². The third-order valence-corrected chi connectivity index (χ3v) is 8.83. The van der Waals surface area contributed by atoms with Gasteiger partial charge < -0.3 is 34.9 Å². The van der Waals surface area contributed by atoms with E-state index in [4.69, 9.17) is 18.9 Å². The fourth-order valence-electron chi connectivity index (χ4n) is 4.49. The maximum Gasteiger partial charge on any atom is 0.272 e. The number of benzene rings is 4. The standard InChI is InChI=1S/C35H32N4O7S2/c1-43-24-12-15-26-31(18-24)48-35(38-26)39-32(40)20-47-25-13-10-23(11-14-25)36-34(42)27(37-33(41)21-8-6-5-7-9-21)16-22-17-29(45-3)30(46-4)19-28(22)44-2/h5-19H,20H2,1-4H3,(H,36,42)(H,37,41)(H,38,39,40)/b27-16-. The second-order valence-corrected chi connectivity index (χ2v) is 12.1. The molecule has 246 valence electrons. The molecule has 0 spiro atoms. The summed E-state index contributed by atoms with van der Waals surface area (Å²) in [5, 5.41) is 8.90. The Balaban J connectivity index is 1.27. The van der Waals surface area contributed by atoms with E-state index >= 15 is 0 Å². The molecule has 11 nitrogen and oxygen atoms in total. The molecule has 48 heavy (non-hydrogen) atoms. The smallest absolute Gasteiger partial charge is 0.272 e. The summed E-state index contributed by atoms with van der Waals surface area (Å²) >= 11 is 2.71. The van der Waals surface area contributed by atoms with Crippen LogP contribution in [0, 0.1) is 0 Å². The van der Waals surface area contributed by atoms with Gasteiger partial charge in [0.25, 0.3) is 11.8 Å². The maximum atomic E-state index is 13.6. The summed E-state index contributed by atoms with van der Waals surface area (Å²) in [7, 11) is 6.09. The molecule has 5 aromatic rings. The Hall–Kier alpha value is -5.53. The molecule has 3 amide bonds. The van der Waals surface area contributed by atoms with Crippen LogP contribution in [-0.2, 0) is 9.59 Å². The number of thiazole rings is 1. The highest BCUT2D eigenvalue weighted by atomic mass is 32.2. The Kier molecular flexibility index (Phi) is 11.2. The number of fused-ring (bicyclic) bond motifs is 1. The van der Waals surface area contributed by atoms with Crippen LogP contribution in [0.15, 0.2) is 95.5 Å². The van der Waals surface area contributed by atoms with Gasteiger partial charge in [-0.25, -0.2) is 4.98 Å². The number of ether oxygens (including phenoxy) is 4. The van der Waals surface area contributed by atoms with Crippen molar-refractivity contribution in [3.05, 3.63) is 102 Å². The topological polar surface area (TPSA) is 137 Å². The van der Waals surface area contributed by atoms with Crippen molar-refractivity contribution in [1.29, 1.82) is 0 Å². The van der Waals surface area contributed by atoms with Crippen LogP contribution in [0.5, 0.6) is 23.0 Å². The largest absolute Gasteiger partial charge is 0.497 e. The molecule has 0 saturated carbocycles. The van der Waals surface area contributed by atoms with Crippen molar-refractivity contribution < 1.29 is 33.3 Å². The predicted molar refractivity (Wildman–Crippen MR) is 189 cm³/mol. The third kappa shape index (κ3) is 8.43. The molecule has 0 unspecified atom stereocenters. The van der Waals surface area contributed by atoms with Crippen LogP contribution in [0.1, 0.15) is 15.9 Å². The number of methoxy groups -OCH3 is 4. The molecule has 3 N–H and O–H groups in total. The number of carbonyl (C=O) groups is 3. The summed E-state index contributed by atoms with van der Waals surface area (Å²) in [5.41, 5.74) is 2.09. The van der Waals surface area contributed by atoms with Crippen molar-refractivity contribution in [3.63, 3.8) is 0 Å². The van der Waals surface area contributed by atoms with Gasteiger partial charge in [0, 0.05) is 27.8 Å². The van der Waals surface area contributed by atoms with Gasteiger partial charge >= 0.3 is 0 Å². The van der Waals surface area contributed by atoms with Gasteiger partial charge in [-0.1, -0.05) is 29.5 Å². The monoisotopic (exact) mass is 684 g/mol. The molecule has 0 fully saturated rings. The van der Waals surface area contributed by atoms with Crippen molar-refractivity contribution in [2.45, 2.75) is 4.90 Å². The van der Waals surface area contributed by atoms with Gasteiger partial charge in [-0.3, -0.25) is 14.4 Å². The Morgan fingerprint density at radius 3 is 2.19 bits per heavy atom. The van der Waals surface area contributed by atoms with Crippen LogP contribution in [-0.4, -0.2) is 56.9 Å². The molecule has 4 aromatic carbocycles. The number of rotatable bonds is 13. The van der Waals surface area contributed by atoms with Crippen molar-refractivity contribution in [1.82, 2.24) is 10.3 Å². The molecule has 5 rings (SSSR count). The number of nitrogens with one attached hydrogen (secondary N) is 3. The van der Waals surface area contributed by atoms with Crippen molar-refractivity contribution >= 4 is 67.9 Å². The van der Waals surface area contributed by atoms with Gasteiger partial charge in [0.1, 0.15) is 17.2 Å². The Labute approximate surface area is 285 Å². The Morgan fingerprint density at radius 1 is 0.792 bits per heavy atom. The molecule has 0 radical (unpaired) electrons. The average Bonchev–Trinajstić information content (AvgIpc) is 3.52. The molecule has 0 aliphatic carbocycles. The van der Waals surface area contributed by atoms with Crippen LogP contribution < -0.4 is 34.9 Å². The van der Waals surface area contributed by atoms with Crippen LogP contribution in [0.2, 0.25) is 0 Å². The molecular weight excluding hydrogens is 653 g/mol. The summed E-state index contributed by atoms with van der Waals surface area (Å²) in [6.45, 7) is 0. The van der Waals surface area contributed by atoms with E-state index in [0.717, 1.165) is 20.9 Å². The highest BCUT2D eigenvalue weighted by Gasteiger charge is 2.18. The summed E-state index contributed by atoms with van der Waals surface area (Å²) in [6.07, 6.45) is 1.50. The summed E-state index contributed by atoms with van der Waals surface area (Å²) < 4.78 is 22.5. The molecule has 0 atom stereocenters. The lowest BCUT2D eigenvalue weighted by Gasteiger charge is -2.15. The molecular formula is C35H32N4O7S2. The van der Waals surface area contributed by atoms with E-state index in [0.29, 0.717) is 39.2 Å². The first-order valence-electron chi connectivity index (χ1n) is 14.5. The number of anilines is 2. The SMILES string of the molecule is COc1ccc2nc(NC(=O)CSc3ccc(NC(=O)/C(=C/c4cc(OC)c(OC)cc4OC)NC(=O)c4ccccc4)cc3)sc2c1. The lowest BCUT2D eigenvalue weighted by atomic mass is 10.1. The summed E-state index contributed by atoms with van der Waals surface area (Å²) in [6, 6.07) is 24.4. The Bertz CT molecular complexity index is 1960. The van der Waals surface area contributed by atoms with Crippen molar-refractivity contribution in [2.75, 3.05) is 44.8 Å². The van der Waals surface area contributed by atoms with E-state index in [1.165, 1.54) is 50.5 Å². The molecule has 1 aromatic heterocycles. The average molecular weight is 685 g/mol. The highest BCUT2D eigenvalue weighted by molar-refractivity contribution is 8.00. The molecule has 0 bridgehead atoms. The number of hydrogen-bond donors (Lipinski definition) is 3. The lowest BCUT2D eigenvalue weighted by molar-refractivity contribution is -0.114. The normalized spacial score (nSPS) is 11.0.